The number of amides is 1. The van der Waals surface area contributed by atoms with Gasteiger partial charge in [-0.1, -0.05) is 19.1 Å². The Bertz CT molecular complexity index is 863. The summed E-state index contributed by atoms with van der Waals surface area (Å²) < 4.78 is 5.30. The lowest BCUT2D eigenvalue weighted by Gasteiger charge is -2.22. The molecule has 0 radical (unpaired) electrons. The van der Waals surface area contributed by atoms with Crippen molar-refractivity contribution in [1.29, 1.82) is 0 Å². The minimum Gasteiger partial charge on any atom is -0.462 e. The molecule has 0 bridgehead atoms. The highest BCUT2D eigenvalue weighted by atomic mass is 32.2. The molecule has 0 saturated heterocycles. The van der Waals surface area contributed by atoms with Gasteiger partial charge in [0.1, 0.15) is 11.5 Å². The molecule has 2 heterocycles. The van der Waals surface area contributed by atoms with Gasteiger partial charge in [0, 0.05) is 11.3 Å². The van der Waals surface area contributed by atoms with Crippen LogP contribution in [0.4, 0.5) is 5.00 Å². The average molecular weight is 420 g/mol. The number of benzene rings is 1. The van der Waals surface area contributed by atoms with Crippen molar-refractivity contribution in [2.45, 2.75) is 38.6 Å². The fourth-order valence-corrected chi connectivity index (χ4v) is 5.56. The fraction of sp³-hybridized carbons (Fsp3) is 0.429. The van der Waals surface area contributed by atoms with E-state index in [4.69, 9.17) is 4.74 Å². The van der Waals surface area contributed by atoms with Crippen LogP contribution in [0.5, 0.6) is 0 Å². The predicted molar refractivity (Wildman–Crippen MR) is 115 cm³/mol. The maximum atomic E-state index is 13.0. The molecule has 7 heteroatoms. The van der Waals surface area contributed by atoms with Crippen molar-refractivity contribution in [3.63, 3.8) is 0 Å². The number of hydrogen-bond donors (Lipinski definition) is 2. The van der Waals surface area contributed by atoms with Crippen molar-refractivity contribution < 1.29 is 19.2 Å². The second-order valence-corrected chi connectivity index (χ2v) is 9.00. The molecule has 2 aromatic rings. The Hall–Kier alpha value is -1.83. The van der Waals surface area contributed by atoms with E-state index in [1.807, 2.05) is 24.3 Å². The predicted octanol–water partition coefficient (Wildman–Crippen LogP) is 3.25. The van der Waals surface area contributed by atoms with E-state index >= 15 is 0 Å². The van der Waals surface area contributed by atoms with Gasteiger partial charge in [-0.3, -0.25) is 4.79 Å². The molecule has 1 aromatic heterocycles. The number of ether oxygens (including phenoxy) is 1. The van der Waals surface area contributed by atoms with Crippen molar-refractivity contribution in [1.82, 2.24) is 0 Å². The quantitative estimate of drug-likeness (QED) is 0.534. The van der Waals surface area contributed by atoms with Gasteiger partial charge in [-0.05, 0) is 37.3 Å². The highest BCUT2D eigenvalue weighted by Crippen LogP contribution is 2.36. The number of anilines is 1. The lowest BCUT2D eigenvalue weighted by Crippen LogP contribution is -3.11. The Kier molecular flexibility index (Phi) is 7.15. The Morgan fingerprint density at radius 1 is 1.25 bits per heavy atom. The number of carbonyl (C=O) groups is 2. The number of quaternary nitrogens is 1. The normalized spacial score (nSPS) is 15.8. The van der Waals surface area contributed by atoms with Crippen molar-refractivity contribution in [2.24, 2.45) is 0 Å². The molecular formula is C21H27N2O3S2+. The van der Waals surface area contributed by atoms with Crippen molar-refractivity contribution in [3.05, 3.63) is 45.8 Å². The first-order valence-corrected chi connectivity index (χ1v) is 11.6. The first kappa shape index (κ1) is 20.9. The smallest absolute Gasteiger partial charge is 0.341 e. The standard InChI is InChI=1S/C21H26N2O3S2/c1-4-23-12-11-14-17(13-23)28-20(18(14)21(25)26-5-2)22-19(24)15-9-7-8-10-16(15)27-6-3/h7-10H,4-6,11-13H2,1-3H3,(H,22,24)/p+1. The van der Waals surface area contributed by atoms with Crippen LogP contribution < -0.4 is 10.2 Å². The van der Waals surface area contributed by atoms with Crippen LogP contribution in [-0.2, 0) is 17.7 Å². The van der Waals surface area contributed by atoms with Crippen LogP contribution in [0.15, 0.2) is 29.2 Å². The third kappa shape index (κ3) is 4.42. The molecular weight excluding hydrogens is 392 g/mol. The third-order valence-corrected chi connectivity index (χ3v) is 6.97. The van der Waals surface area contributed by atoms with E-state index in [0.29, 0.717) is 22.7 Å². The van der Waals surface area contributed by atoms with Crippen LogP contribution in [0.3, 0.4) is 0 Å². The van der Waals surface area contributed by atoms with Gasteiger partial charge in [-0.2, -0.15) is 0 Å². The van der Waals surface area contributed by atoms with Crippen molar-refractivity contribution in [2.75, 3.05) is 30.8 Å². The number of thiophene rings is 1. The molecule has 1 aliphatic rings. The zero-order chi connectivity index (χ0) is 20.1. The van der Waals surface area contributed by atoms with Gasteiger partial charge in [0.2, 0.25) is 0 Å². The SMILES string of the molecule is CCOC(=O)c1c(NC(=O)c2ccccc2SCC)sc2c1CC[NH+](CC)C2. The number of likely N-dealkylation sites (N-methyl/N-ethyl adjacent to an activating group) is 1. The number of hydrogen-bond acceptors (Lipinski definition) is 5. The summed E-state index contributed by atoms with van der Waals surface area (Å²) in [6, 6.07) is 7.58. The van der Waals surface area contributed by atoms with E-state index in [-0.39, 0.29) is 11.9 Å². The minimum atomic E-state index is -0.341. The lowest BCUT2D eigenvalue weighted by molar-refractivity contribution is -0.913. The van der Waals surface area contributed by atoms with E-state index < -0.39 is 0 Å². The summed E-state index contributed by atoms with van der Waals surface area (Å²) in [6.45, 7) is 9.29. The van der Waals surface area contributed by atoms with E-state index in [2.05, 4.69) is 19.2 Å². The summed E-state index contributed by atoms with van der Waals surface area (Å²) in [6.07, 6.45) is 0.835. The fourth-order valence-electron chi connectivity index (χ4n) is 3.45. The highest BCUT2D eigenvalue weighted by Gasteiger charge is 2.31. The van der Waals surface area contributed by atoms with E-state index in [0.717, 1.165) is 42.3 Å². The maximum absolute atomic E-state index is 13.0. The molecule has 0 spiro atoms. The molecule has 3 rings (SSSR count). The molecule has 0 saturated carbocycles. The Balaban J connectivity index is 1.94. The average Bonchev–Trinajstić information content (AvgIpc) is 3.05. The summed E-state index contributed by atoms with van der Waals surface area (Å²) in [5.41, 5.74) is 2.23. The van der Waals surface area contributed by atoms with Gasteiger partial charge in [-0.15, -0.1) is 23.1 Å². The largest absolute Gasteiger partial charge is 0.462 e. The van der Waals surface area contributed by atoms with Crippen LogP contribution in [0.25, 0.3) is 0 Å². The first-order valence-electron chi connectivity index (χ1n) is 9.77. The molecule has 1 atom stereocenters. The Morgan fingerprint density at radius 2 is 2.04 bits per heavy atom. The number of carbonyl (C=O) groups excluding carboxylic acids is 2. The van der Waals surface area contributed by atoms with E-state index in [1.165, 1.54) is 21.1 Å². The first-order chi connectivity index (χ1) is 13.6. The Morgan fingerprint density at radius 3 is 2.75 bits per heavy atom. The molecule has 28 heavy (non-hydrogen) atoms. The topological polar surface area (TPSA) is 59.8 Å². The van der Waals surface area contributed by atoms with Crippen LogP contribution >= 0.6 is 23.1 Å². The molecule has 0 aliphatic carbocycles. The van der Waals surface area contributed by atoms with E-state index in [1.54, 1.807) is 18.7 Å². The number of rotatable bonds is 7. The second kappa shape index (κ2) is 9.58. The summed E-state index contributed by atoms with van der Waals surface area (Å²) >= 11 is 3.15. The summed E-state index contributed by atoms with van der Waals surface area (Å²) in [7, 11) is 0. The summed E-state index contributed by atoms with van der Waals surface area (Å²) in [4.78, 5) is 29.3. The molecule has 1 amide bonds. The molecule has 2 N–H and O–H groups in total. The molecule has 1 unspecified atom stereocenters. The second-order valence-electron chi connectivity index (χ2n) is 6.59. The third-order valence-electron chi connectivity index (χ3n) is 4.87. The molecule has 1 aromatic carbocycles. The molecule has 0 fully saturated rings. The zero-order valence-electron chi connectivity index (χ0n) is 16.6. The monoisotopic (exact) mass is 419 g/mol. The van der Waals surface area contributed by atoms with Crippen molar-refractivity contribution in [3.8, 4) is 0 Å². The number of thioether (sulfide) groups is 1. The number of esters is 1. The maximum Gasteiger partial charge on any atom is 0.341 e. The molecule has 5 nitrogen and oxygen atoms in total. The van der Waals surface area contributed by atoms with E-state index in [9.17, 15) is 9.59 Å². The molecule has 1 aliphatic heterocycles. The van der Waals surface area contributed by atoms with Crippen LogP contribution in [-0.4, -0.2) is 37.3 Å². The van der Waals surface area contributed by atoms with Crippen LogP contribution in [0.2, 0.25) is 0 Å². The minimum absolute atomic E-state index is 0.180. The van der Waals surface area contributed by atoms with Gasteiger partial charge in [0.05, 0.1) is 35.7 Å². The van der Waals surface area contributed by atoms with Gasteiger partial charge < -0.3 is 15.0 Å². The van der Waals surface area contributed by atoms with Crippen molar-refractivity contribution >= 4 is 40.0 Å². The van der Waals surface area contributed by atoms with Gasteiger partial charge in [0.15, 0.2) is 0 Å². The van der Waals surface area contributed by atoms with Gasteiger partial charge in [-0.25, -0.2) is 4.79 Å². The van der Waals surface area contributed by atoms with Gasteiger partial charge >= 0.3 is 5.97 Å². The Labute approximate surface area is 174 Å². The van der Waals surface area contributed by atoms with Crippen LogP contribution in [0, 0.1) is 0 Å². The summed E-state index contributed by atoms with van der Waals surface area (Å²) in [5, 5.41) is 3.62. The summed E-state index contributed by atoms with van der Waals surface area (Å²) in [5.74, 6) is 0.369. The highest BCUT2D eigenvalue weighted by molar-refractivity contribution is 7.99. The number of fused-ring (bicyclic) bond motifs is 1. The lowest BCUT2D eigenvalue weighted by atomic mass is 10.0. The number of nitrogens with one attached hydrogen (secondary N) is 2. The molecule has 150 valence electrons. The van der Waals surface area contributed by atoms with Crippen LogP contribution in [0.1, 0.15) is 51.9 Å². The van der Waals surface area contributed by atoms with Gasteiger partial charge in [0.25, 0.3) is 5.91 Å². The zero-order valence-corrected chi connectivity index (χ0v) is 18.2.